The van der Waals surface area contributed by atoms with Crippen LogP contribution in [0.15, 0.2) is 60.8 Å². The molecular weight excluding hydrogens is 496 g/mol. The van der Waals surface area contributed by atoms with Crippen LogP contribution in [-0.2, 0) is 20.8 Å². The number of aromatic nitrogens is 1. The molecule has 0 radical (unpaired) electrons. The molecule has 3 heterocycles. The number of carbonyl (C=O) groups excluding carboxylic acids is 3. The van der Waals surface area contributed by atoms with Crippen molar-refractivity contribution in [3.63, 3.8) is 0 Å². The Labute approximate surface area is 227 Å². The van der Waals surface area contributed by atoms with Crippen molar-refractivity contribution in [3.8, 4) is 11.1 Å². The molecule has 1 unspecified atom stereocenters. The molecule has 2 aliphatic rings. The number of rotatable bonds is 7. The molecule has 9 heteroatoms. The number of morpholine rings is 1. The highest BCUT2D eigenvalue weighted by molar-refractivity contribution is 6.04. The van der Waals surface area contributed by atoms with Crippen LogP contribution in [0.25, 0.3) is 11.1 Å². The first-order valence-electron chi connectivity index (χ1n) is 13.1. The summed E-state index contributed by atoms with van der Waals surface area (Å²) in [5.74, 6) is -0.0603. The predicted octanol–water partition coefficient (Wildman–Crippen LogP) is 3.99. The van der Waals surface area contributed by atoms with Gasteiger partial charge in [-0.15, -0.1) is 0 Å². The average Bonchev–Trinajstić information content (AvgIpc) is 3.28. The summed E-state index contributed by atoms with van der Waals surface area (Å²) >= 11 is 0. The molecule has 1 fully saturated rings. The maximum atomic E-state index is 13.2. The van der Waals surface area contributed by atoms with E-state index in [2.05, 4.69) is 15.2 Å². The van der Waals surface area contributed by atoms with Gasteiger partial charge in [0.05, 0.1) is 25.9 Å². The first-order chi connectivity index (χ1) is 18.9. The van der Waals surface area contributed by atoms with Crippen molar-refractivity contribution < 1.29 is 23.9 Å². The molecular formula is C30H32N4O5. The highest BCUT2D eigenvalue weighted by atomic mass is 16.5. The largest absolute Gasteiger partial charge is 0.467 e. The van der Waals surface area contributed by atoms with E-state index in [0.717, 1.165) is 35.6 Å². The zero-order valence-electron chi connectivity index (χ0n) is 22.3. The second-order valence-corrected chi connectivity index (χ2v) is 10.1. The summed E-state index contributed by atoms with van der Waals surface area (Å²) in [7, 11) is 1.34. The van der Waals surface area contributed by atoms with Gasteiger partial charge in [-0.3, -0.25) is 9.59 Å². The molecule has 2 aliphatic heterocycles. The summed E-state index contributed by atoms with van der Waals surface area (Å²) in [5, 5.41) is 2.91. The number of nitrogens with one attached hydrogen (secondary N) is 1. The number of benzene rings is 2. The van der Waals surface area contributed by atoms with Crippen molar-refractivity contribution in [2.24, 2.45) is 5.92 Å². The van der Waals surface area contributed by atoms with E-state index >= 15 is 0 Å². The molecule has 1 N–H and O–H groups in total. The van der Waals surface area contributed by atoms with Gasteiger partial charge in [-0.2, -0.15) is 0 Å². The number of esters is 1. The number of pyridine rings is 1. The van der Waals surface area contributed by atoms with Gasteiger partial charge in [-0.1, -0.05) is 38.1 Å². The quantitative estimate of drug-likeness (QED) is 0.463. The van der Waals surface area contributed by atoms with E-state index in [-0.39, 0.29) is 17.7 Å². The van der Waals surface area contributed by atoms with Gasteiger partial charge in [0.25, 0.3) is 11.8 Å². The zero-order valence-corrected chi connectivity index (χ0v) is 22.3. The van der Waals surface area contributed by atoms with Gasteiger partial charge in [0.15, 0.2) is 0 Å². The Hall–Kier alpha value is -4.24. The second kappa shape index (κ2) is 11.2. The molecule has 3 aromatic rings. The Morgan fingerprint density at radius 1 is 1.00 bits per heavy atom. The van der Waals surface area contributed by atoms with Gasteiger partial charge in [0.2, 0.25) is 0 Å². The van der Waals surface area contributed by atoms with E-state index in [4.69, 9.17) is 9.47 Å². The van der Waals surface area contributed by atoms with E-state index < -0.39 is 12.0 Å². The van der Waals surface area contributed by atoms with Crippen molar-refractivity contribution in [3.05, 3.63) is 77.5 Å². The number of hydrogen-bond donors (Lipinski definition) is 1. The average molecular weight is 529 g/mol. The molecule has 0 spiro atoms. The number of ether oxygens (including phenoxy) is 2. The lowest BCUT2D eigenvalue weighted by Gasteiger charge is -2.28. The summed E-state index contributed by atoms with van der Waals surface area (Å²) < 4.78 is 10.3. The van der Waals surface area contributed by atoms with Crippen molar-refractivity contribution in [2.75, 3.05) is 43.6 Å². The molecule has 1 aromatic heterocycles. The molecule has 0 bridgehead atoms. The molecule has 0 aliphatic carbocycles. The number of carbonyl (C=O) groups is 3. The van der Waals surface area contributed by atoms with Crippen molar-refractivity contribution in [1.82, 2.24) is 9.88 Å². The number of amides is 2. The Morgan fingerprint density at radius 3 is 2.36 bits per heavy atom. The van der Waals surface area contributed by atoms with Gasteiger partial charge in [0.1, 0.15) is 11.9 Å². The van der Waals surface area contributed by atoms with Crippen LogP contribution in [0, 0.1) is 5.92 Å². The van der Waals surface area contributed by atoms with Crippen LogP contribution in [0.5, 0.6) is 0 Å². The van der Waals surface area contributed by atoms with Gasteiger partial charge in [-0.05, 0) is 52.9 Å². The molecule has 39 heavy (non-hydrogen) atoms. The summed E-state index contributed by atoms with van der Waals surface area (Å²) in [6.07, 6.45) is 1.59. The van der Waals surface area contributed by atoms with E-state index in [1.165, 1.54) is 7.11 Å². The van der Waals surface area contributed by atoms with E-state index in [9.17, 15) is 14.4 Å². The van der Waals surface area contributed by atoms with Crippen molar-refractivity contribution in [1.29, 1.82) is 0 Å². The van der Waals surface area contributed by atoms with Gasteiger partial charge < -0.3 is 24.6 Å². The summed E-state index contributed by atoms with van der Waals surface area (Å²) in [5.41, 5.74) is 4.39. The van der Waals surface area contributed by atoms with Gasteiger partial charge >= 0.3 is 5.97 Å². The first-order valence-corrected chi connectivity index (χ1v) is 13.1. The minimum Gasteiger partial charge on any atom is -0.467 e. The zero-order chi connectivity index (χ0) is 27.5. The van der Waals surface area contributed by atoms with Crippen LogP contribution in [0.1, 0.15) is 40.1 Å². The lowest BCUT2D eigenvalue weighted by atomic mass is 10.00. The van der Waals surface area contributed by atoms with Crippen LogP contribution in [0.2, 0.25) is 0 Å². The van der Waals surface area contributed by atoms with Crippen LogP contribution in [0.4, 0.5) is 11.5 Å². The highest BCUT2D eigenvalue weighted by Gasteiger charge is 2.38. The minimum absolute atomic E-state index is 0.0728. The van der Waals surface area contributed by atoms with Gasteiger partial charge in [-0.25, -0.2) is 9.78 Å². The topological polar surface area (TPSA) is 101 Å². The predicted molar refractivity (Wildman–Crippen MR) is 148 cm³/mol. The molecule has 202 valence electrons. The SMILES string of the molecule is COC(=O)C(C(C)C)N1Cc2ccc(-c3ccc(NC(=O)c4ccc(N5CCOCC5)nc4)cc3)cc2C1=O. The van der Waals surface area contributed by atoms with Crippen LogP contribution < -0.4 is 10.2 Å². The molecule has 2 aromatic carbocycles. The fourth-order valence-electron chi connectivity index (χ4n) is 5.06. The van der Waals surface area contributed by atoms with Crippen LogP contribution >= 0.6 is 0 Å². The van der Waals surface area contributed by atoms with Crippen molar-refractivity contribution >= 4 is 29.3 Å². The standard InChI is InChI=1S/C30H32N4O5/c1-19(2)27(30(37)38-3)34-18-23-5-4-21(16-25(23)29(34)36)20-6-9-24(10-7-20)32-28(35)22-8-11-26(31-17-22)33-12-14-39-15-13-33/h4-11,16-17,19,27H,12-15,18H2,1-3H3,(H,32,35). The Kier molecular flexibility index (Phi) is 7.60. The third-order valence-corrected chi connectivity index (χ3v) is 7.17. The highest BCUT2D eigenvalue weighted by Crippen LogP contribution is 2.32. The van der Waals surface area contributed by atoms with E-state index in [0.29, 0.717) is 36.6 Å². The fraction of sp³-hybridized carbons (Fsp3) is 0.333. The van der Waals surface area contributed by atoms with E-state index in [1.807, 2.05) is 62.4 Å². The third kappa shape index (κ3) is 5.49. The number of hydrogen-bond acceptors (Lipinski definition) is 7. The Morgan fingerprint density at radius 2 is 1.72 bits per heavy atom. The monoisotopic (exact) mass is 528 g/mol. The lowest BCUT2D eigenvalue weighted by Crippen LogP contribution is -2.45. The fourth-order valence-corrected chi connectivity index (χ4v) is 5.06. The van der Waals surface area contributed by atoms with Crippen molar-refractivity contribution in [2.45, 2.75) is 26.4 Å². The van der Waals surface area contributed by atoms with Crippen LogP contribution in [0.3, 0.4) is 0 Å². The molecule has 1 atom stereocenters. The first kappa shape index (κ1) is 26.4. The maximum absolute atomic E-state index is 13.2. The molecule has 2 amide bonds. The molecule has 5 rings (SSSR count). The number of methoxy groups -OCH3 is 1. The molecule has 0 saturated carbocycles. The third-order valence-electron chi connectivity index (χ3n) is 7.17. The summed E-state index contributed by atoms with van der Waals surface area (Å²) in [6.45, 7) is 7.10. The van der Waals surface area contributed by atoms with Gasteiger partial charge in [0, 0.05) is 37.1 Å². The number of fused-ring (bicyclic) bond motifs is 1. The lowest BCUT2D eigenvalue weighted by molar-refractivity contribution is -0.147. The minimum atomic E-state index is -0.632. The Balaban J connectivity index is 1.26. The smallest absolute Gasteiger partial charge is 0.328 e. The molecule has 9 nitrogen and oxygen atoms in total. The Bertz CT molecular complexity index is 1370. The van der Waals surface area contributed by atoms with E-state index in [1.54, 1.807) is 17.2 Å². The summed E-state index contributed by atoms with van der Waals surface area (Å²) in [6, 6.07) is 16.2. The number of nitrogens with zero attached hydrogens (tertiary/aromatic N) is 3. The second-order valence-electron chi connectivity index (χ2n) is 10.1. The normalized spacial score (nSPS) is 15.7. The number of anilines is 2. The summed E-state index contributed by atoms with van der Waals surface area (Å²) in [4.78, 5) is 46.5. The maximum Gasteiger partial charge on any atom is 0.328 e. The molecule has 1 saturated heterocycles. The van der Waals surface area contributed by atoms with Crippen LogP contribution in [-0.4, -0.2) is 67.1 Å².